The highest BCUT2D eigenvalue weighted by molar-refractivity contribution is 9.10. The van der Waals surface area contributed by atoms with Crippen LogP contribution in [0.25, 0.3) is 11.3 Å². The van der Waals surface area contributed by atoms with E-state index in [-0.39, 0.29) is 0 Å². The topological polar surface area (TPSA) is 54.7 Å². The van der Waals surface area contributed by atoms with Crippen LogP contribution in [0.4, 0.5) is 5.69 Å². The summed E-state index contributed by atoms with van der Waals surface area (Å²) in [5.74, 6) is 0. The van der Waals surface area contributed by atoms with Crippen molar-refractivity contribution in [3.8, 4) is 11.3 Å². The van der Waals surface area contributed by atoms with Crippen LogP contribution in [0.15, 0.2) is 34.9 Å². The number of halogens is 1. The molecule has 0 radical (unpaired) electrons. The van der Waals surface area contributed by atoms with Crippen LogP contribution >= 0.6 is 15.9 Å². The summed E-state index contributed by atoms with van der Waals surface area (Å²) in [4.78, 5) is 0. The average Bonchev–Trinajstić information content (AvgIpc) is 2.62. The van der Waals surface area contributed by atoms with Gasteiger partial charge in [0.05, 0.1) is 5.69 Å². The van der Waals surface area contributed by atoms with Crippen LogP contribution in [0, 0.1) is 0 Å². The Bertz CT molecular complexity index is 409. The molecule has 0 saturated heterocycles. The third kappa shape index (κ3) is 1.45. The second-order valence-electron chi connectivity index (χ2n) is 2.68. The molecule has 0 saturated carbocycles. The molecule has 0 atom stereocenters. The van der Waals surface area contributed by atoms with Crippen LogP contribution in [-0.2, 0) is 0 Å². The molecule has 66 valence electrons. The first-order chi connectivity index (χ1) is 6.29. The number of hydrogen-bond acceptors (Lipinski definition) is 2. The molecule has 13 heavy (non-hydrogen) atoms. The number of anilines is 1. The Morgan fingerprint density at radius 1 is 1.31 bits per heavy atom. The molecule has 4 heteroatoms. The molecule has 2 rings (SSSR count). The van der Waals surface area contributed by atoms with E-state index in [1.165, 1.54) is 0 Å². The standard InChI is InChI=1S/C9H8BrN3/c10-9-6(2-1-3-7(9)11)8-4-5-12-13-8/h1-5H,11H2,(H,12,13). The molecule has 0 aliphatic carbocycles. The van der Waals surface area contributed by atoms with E-state index < -0.39 is 0 Å². The number of aromatic amines is 1. The van der Waals surface area contributed by atoms with Gasteiger partial charge in [-0.05, 0) is 28.1 Å². The summed E-state index contributed by atoms with van der Waals surface area (Å²) < 4.78 is 0.902. The Hall–Kier alpha value is -1.29. The van der Waals surface area contributed by atoms with Crippen molar-refractivity contribution in [2.24, 2.45) is 0 Å². The lowest BCUT2D eigenvalue weighted by Gasteiger charge is -2.03. The molecule has 0 bridgehead atoms. The summed E-state index contributed by atoms with van der Waals surface area (Å²) >= 11 is 3.43. The van der Waals surface area contributed by atoms with E-state index in [0.29, 0.717) is 0 Å². The Morgan fingerprint density at radius 2 is 2.15 bits per heavy atom. The monoisotopic (exact) mass is 237 g/mol. The molecule has 0 aliphatic heterocycles. The molecular formula is C9H8BrN3. The summed E-state index contributed by atoms with van der Waals surface area (Å²) in [7, 11) is 0. The van der Waals surface area contributed by atoms with Gasteiger partial charge in [-0.2, -0.15) is 5.10 Å². The molecule has 1 heterocycles. The van der Waals surface area contributed by atoms with E-state index in [1.807, 2.05) is 24.3 Å². The van der Waals surface area contributed by atoms with Crippen molar-refractivity contribution in [3.05, 3.63) is 34.9 Å². The van der Waals surface area contributed by atoms with Gasteiger partial charge in [0.25, 0.3) is 0 Å². The van der Waals surface area contributed by atoms with Gasteiger partial charge in [0.15, 0.2) is 0 Å². The minimum absolute atomic E-state index is 0.729. The maximum absolute atomic E-state index is 5.75. The molecule has 2 aromatic rings. The highest BCUT2D eigenvalue weighted by Gasteiger charge is 2.05. The molecule has 0 aliphatic rings. The SMILES string of the molecule is Nc1cccc(-c2ccn[nH]2)c1Br. The average molecular weight is 238 g/mol. The summed E-state index contributed by atoms with van der Waals surface area (Å²) in [5.41, 5.74) is 8.46. The first kappa shape index (κ1) is 8.31. The summed E-state index contributed by atoms with van der Waals surface area (Å²) in [6.45, 7) is 0. The number of benzene rings is 1. The number of nitrogen functional groups attached to an aromatic ring is 1. The lowest BCUT2D eigenvalue weighted by molar-refractivity contribution is 1.09. The van der Waals surface area contributed by atoms with Gasteiger partial charge in [0.1, 0.15) is 0 Å². The fourth-order valence-corrected chi connectivity index (χ4v) is 1.64. The van der Waals surface area contributed by atoms with Crippen LogP contribution in [0.1, 0.15) is 0 Å². The number of aromatic nitrogens is 2. The maximum Gasteiger partial charge on any atom is 0.0662 e. The largest absolute Gasteiger partial charge is 0.398 e. The van der Waals surface area contributed by atoms with Crippen LogP contribution in [-0.4, -0.2) is 10.2 Å². The molecule has 0 unspecified atom stereocenters. The van der Waals surface area contributed by atoms with Gasteiger partial charge >= 0.3 is 0 Å². The quantitative estimate of drug-likeness (QED) is 0.749. The molecule has 0 fully saturated rings. The molecule has 1 aromatic heterocycles. The minimum Gasteiger partial charge on any atom is -0.398 e. The van der Waals surface area contributed by atoms with Gasteiger partial charge in [0.2, 0.25) is 0 Å². The van der Waals surface area contributed by atoms with Crippen LogP contribution in [0.3, 0.4) is 0 Å². The van der Waals surface area contributed by atoms with Crippen molar-refractivity contribution in [1.29, 1.82) is 0 Å². The van der Waals surface area contributed by atoms with E-state index in [1.54, 1.807) is 6.20 Å². The summed E-state index contributed by atoms with van der Waals surface area (Å²) in [6.07, 6.45) is 1.71. The number of nitrogens with zero attached hydrogens (tertiary/aromatic N) is 1. The van der Waals surface area contributed by atoms with Crippen LogP contribution in [0.5, 0.6) is 0 Å². The third-order valence-corrected chi connectivity index (χ3v) is 2.70. The van der Waals surface area contributed by atoms with E-state index in [9.17, 15) is 0 Å². The van der Waals surface area contributed by atoms with Gasteiger partial charge < -0.3 is 5.73 Å². The number of H-pyrrole nitrogens is 1. The van der Waals surface area contributed by atoms with E-state index in [0.717, 1.165) is 21.4 Å². The Morgan fingerprint density at radius 3 is 2.85 bits per heavy atom. The van der Waals surface area contributed by atoms with Gasteiger partial charge in [0, 0.05) is 21.9 Å². The van der Waals surface area contributed by atoms with Crippen molar-refractivity contribution < 1.29 is 0 Å². The first-order valence-electron chi connectivity index (χ1n) is 3.83. The lowest BCUT2D eigenvalue weighted by atomic mass is 10.1. The normalized spacial score (nSPS) is 10.2. The fraction of sp³-hybridized carbons (Fsp3) is 0. The zero-order valence-corrected chi connectivity index (χ0v) is 8.38. The van der Waals surface area contributed by atoms with Gasteiger partial charge in [-0.1, -0.05) is 12.1 Å². The molecule has 0 spiro atoms. The van der Waals surface area contributed by atoms with Gasteiger partial charge in [-0.25, -0.2) is 0 Å². The van der Waals surface area contributed by atoms with E-state index >= 15 is 0 Å². The molecule has 3 nitrogen and oxygen atoms in total. The molecule has 0 amide bonds. The number of hydrogen-bond donors (Lipinski definition) is 2. The lowest BCUT2D eigenvalue weighted by Crippen LogP contribution is -1.88. The molecular weight excluding hydrogens is 230 g/mol. The molecule has 3 N–H and O–H groups in total. The highest BCUT2D eigenvalue weighted by atomic mass is 79.9. The Kier molecular flexibility index (Phi) is 2.06. The predicted molar refractivity (Wildman–Crippen MR) is 56.1 cm³/mol. The third-order valence-electron chi connectivity index (χ3n) is 1.82. The van der Waals surface area contributed by atoms with Gasteiger partial charge in [-0.3, -0.25) is 5.10 Å². The van der Waals surface area contributed by atoms with Gasteiger partial charge in [-0.15, -0.1) is 0 Å². The van der Waals surface area contributed by atoms with Crippen molar-refractivity contribution in [1.82, 2.24) is 10.2 Å². The smallest absolute Gasteiger partial charge is 0.0662 e. The Balaban J connectivity index is 2.59. The second kappa shape index (κ2) is 3.22. The summed E-state index contributed by atoms with van der Waals surface area (Å²) in [5, 5.41) is 6.77. The number of nitrogens with one attached hydrogen (secondary N) is 1. The van der Waals surface area contributed by atoms with Crippen molar-refractivity contribution in [2.45, 2.75) is 0 Å². The number of rotatable bonds is 1. The van der Waals surface area contributed by atoms with Crippen molar-refractivity contribution in [3.63, 3.8) is 0 Å². The van der Waals surface area contributed by atoms with Crippen LogP contribution in [0.2, 0.25) is 0 Å². The summed E-state index contributed by atoms with van der Waals surface area (Å²) in [6, 6.07) is 7.65. The van der Waals surface area contributed by atoms with Crippen molar-refractivity contribution in [2.75, 3.05) is 5.73 Å². The fourth-order valence-electron chi connectivity index (χ4n) is 1.16. The molecule has 1 aromatic carbocycles. The van der Waals surface area contributed by atoms with Crippen LogP contribution < -0.4 is 5.73 Å². The maximum atomic E-state index is 5.75. The zero-order valence-electron chi connectivity index (χ0n) is 6.79. The van der Waals surface area contributed by atoms with Crippen molar-refractivity contribution >= 4 is 21.6 Å². The van der Waals surface area contributed by atoms with E-state index in [2.05, 4.69) is 26.1 Å². The van der Waals surface area contributed by atoms with E-state index in [4.69, 9.17) is 5.73 Å². The minimum atomic E-state index is 0.729. The first-order valence-corrected chi connectivity index (χ1v) is 4.62. The zero-order chi connectivity index (χ0) is 9.26. The Labute approximate surface area is 84.1 Å². The highest BCUT2D eigenvalue weighted by Crippen LogP contribution is 2.30. The predicted octanol–water partition coefficient (Wildman–Crippen LogP) is 2.42. The number of nitrogens with two attached hydrogens (primary N) is 1. The second-order valence-corrected chi connectivity index (χ2v) is 3.47.